The topological polar surface area (TPSA) is 28.2 Å². The minimum Gasteiger partial charge on any atom is -0.348 e. The fourth-order valence-electron chi connectivity index (χ4n) is 2.48. The number of hydrogen-bond donors (Lipinski definition) is 1. The molecule has 1 heterocycles. The van der Waals surface area contributed by atoms with Gasteiger partial charge in [0, 0.05) is 36.0 Å². The second kappa shape index (κ2) is 7.10. The Morgan fingerprint density at radius 3 is 2.29 bits per heavy atom. The molecule has 0 bridgehead atoms. The average Bonchev–Trinajstić information content (AvgIpc) is 3.15. The van der Waals surface area contributed by atoms with Crippen LogP contribution < -0.4 is 10.2 Å². The van der Waals surface area contributed by atoms with Crippen LogP contribution in [0.1, 0.15) is 76.8 Å². The molecule has 21 heavy (non-hydrogen) atoms. The molecule has 4 heteroatoms. The van der Waals surface area contributed by atoms with Gasteiger partial charge in [-0.15, -0.1) is 11.3 Å². The van der Waals surface area contributed by atoms with E-state index >= 15 is 0 Å². The van der Waals surface area contributed by atoms with Gasteiger partial charge >= 0.3 is 0 Å². The van der Waals surface area contributed by atoms with Crippen LogP contribution in [0.15, 0.2) is 0 Å². The highest BCUT2D eigenvalue weighted by Crippen LogP contribution is 2.44. The molecule has 0 spiro atoms. The molecule has 3 nitrogen and oxygen atoms in total. The summed E-state index contributed by atoms with van der Waals surface area (Å²) in [6, 6.07) is 0. The van der Waals surface area contributed by atoms with Gasteiger partial charge in [-0.05, 0) is 46.5 Å². The van der Waals surface area contributed by atoms with Crippen LogP contribution in [0.3, 0.4) is 0 Å². The van der Waals surface area contributed by atoms with Gasteiger partial charge in [0.2, 0.25) is 0 Å². The predicted molar refractivity (Wildman–Crippen MR) is 93.5 cm³/mol. The molecule has 0 radical (unpaired) electrons. The molecule has 0 amide bonds. The molecular formula is C17H31N3S. The highest BCUT2D eigenvalue weighted by Gasteiger charge is 2.30. The van der Waals surface area contributed by atoms with E-state index in [-0.39, 0.29) is 5.54 Å². The lowest BCUT2D eigenvalue weighted by Crippen LogP contribution is -2.35. The number of thiazole rings is 1. The molecule has 0 aromatic carbocycles. The first-order chi connectivity index (χ1) is 9.94. The molecule has 1 saturated carbocycles. The summed E-state index contributed by atoms with van der Waals surface area (Å²) in [5, 5.41) is 4.87. The van der Waals surface area contributed by atoms with Crippen molar-refractivity contribution in [3.8, 4) is 0 Å². The SMILES string of the molecule is CCCN(CCC)c1nc(C2CC2)c(CNC(C)(C)C)s1. The third-order valence-electron chi connectivity index (χ3n) is 3.72. The normalized spacial score (nSPS) is 15.5. The lowest BCUT2D eigenvalue weighted by Gasteiger charge is -2.20. The average molecular weight is 310 g/mol. The molecule has 1 aromatic rings. The quantitative estimate of drug-likeness (QED) is 0.764. The van der Waals surface area contributed by atoms with E-state index in [1.807, 2.05) is 11.3 Å². The molecule has 0 atom stereocenters. The lowest BCUT2D eigenvalue weighted by molar-refractivity contribution is 0.425. The molecule has 0 aliphatic heterocycles. The summed E-state index contributed by atoms with van der Waals surface area (Å²) in [7, 11) is 0. The summed E-state index contributed by atoms with van der Waals surface area (Å²) in [6.45, 7) is 14.4. The molecule has 120 valence electrons. The summed E-state index contributed by atoms with van der Waals surface area (Å²) in [5.41, 5.74) is 1.54. The Labute approximate surface area is 134 Å². The van der Waals surface area contributed by atoms with Gasteiger partial charge in [-0.2, -0.15) is 0 Å². The van der Waals surface area contributed by atoms with Crippen LogP contribution in [0.2, 0.25) is 0 Å². The Morgan fingerprint density at radius 1 is 1.19 bits per heavy atom. The summed E-state index contributed by atoms with van der Waals surface area (Å²) in [4.78, 5) is 8.94. The van der Waals surface area contributed by atoms with E-state index in [1.165, 1.54) is 41.4 Å². The first kappa shape index (κ1) is 16.8. The van der Waals surface area contributed by atoms with Crippen LogP contribution in [-0.4, -0.2) is 23.6 Å². The van der Waals surface area contributed by atoms with E-state index in [9.17, 15) is 0 Å². The van der Waals surface area contributed by atoms with Crippen molar-refractivity contribution in [1.82, 2.24) is 10.3 Å². The van der Waals surface area contributed by atoms with Crippen molar-refractivity contribution in [2.75, 3.05) is 18.0 Å². The third kappa shape index (κ3) is 4.96. The van der Waals surface area contributed by atoms with Crippen LogP contribution in [0.4, 0.5) is 5.13 Å². The van der Waals surface area contributed by atoms with E-state index in [0.29, 0.717) is 0 Å². The maximum Gasteiger partial charge on any atom is 0.185 e. The zero-order valence-electron chi connectivity index (χ0n) is 14.3. The zero-order chi connectivity index (χ0) is 15.5. The summed E-state index contributed by atoms with van der Waals surface area (Å²) in [5.74, 6) is 0.733. The van der Waals surface area contributed by atoms with Gasteiger partial charge < -0.3 is 10.2 Å². The van der Waals surface area contributed by atoms with Crippen LogP contribution in [0, 0.1) is 0 Å². The number of nitrogens with zero attached hydrogens (tertiary/aromatic N) is 2. The van der Waals surface area contributed by atoms with Crippen molar-refractivity contribution < 1.29 is 0 Å². The van der Waals surface area contributed by atoms with E-state index in [4.69, 9.17) is 4.98 Å². The third-order valence-corrected chi connectivity index (χ3v) is 4.85. The van der Waals surface area contributed by atoms with E-state index in [2.05, 4.69) is 44.8 Å². The number of rotatable bonds is 8. The van der Waals surface area contributed by atoms with Crippen LogP contribution in [0.25, 0.3) is 0 Å². The summed E-state index contributed by atoms with van der Waals surface area (Å²) < 4.78 is 0. The van der Waals surface area contributed by atoms with Gasteiger partial charge in [0.1, 0.15) is 0 Å². The molecule has 0 unspecified atom stereocenters. The second-order valence-electron chi connectivity index (χ2n) is 7.17. The summed E-state index contributed by atoms with van der Waals surface area (Å²) >= 11 is 1.91. The van der Waals surface area contributed by atoms with Crippen molar-refractivity contribution in [2.24, 2.45) is 0 Å². The Balaban J connectivity index is 2.15. The highest BCUT2D eigenvalue weighted by molar-refractivity contribution is 7.15. The molecule has 1 aliphatic rings. The van der Waals surface area contributed by atoms with Gasteiger partial charge in [-0.3, -0.25) is 0 Å². The van der Waals surface area contributed by atoms with E-state index < -0.39 is 0 Å². The molecular weight excluding hydrogens is 278 g/mol. The Morgan fingerprint density at radius 2 is 1.81 bits per heavy atom. The smallest absolute Gasteiger partial charge is 0.185 e. The van der Waals surface area contributed by atoms with Crippen LogP contribution in [-0.2, 0) is 6.54 Å². The monoisotopic (exact) mass is 309 g/mol. The minimum atomic E-state index is 0.164. The van der Waals surface area contributed by atoms with Gasteiger partial charge in [-0.1, -0.05) is 13.8 Å². The predicted octanol–water partition coefficient (Wildman–Crippen LogP) is 4.54. The maximum atomic E-state index is 5.01. The van der Waals surface area contributed by atoms with Crippen LogP contribution >= 0.6 is 11.3 Å². The highest BCUT2D eigenvalue weighted by atomic mass is 32.1. The number of anilines is 1. The molecule has 1 fully saturated rings. The second-order valence-corrected chi connectivity index (χ2v) is 8.23. The molecule has 1 aliphatic carbocycles. The summed E-state index contributed by atoms with van der Waals surface area (Å²) in [6.07, 6.45) is 5.03. The molecule has 1 aromatic heterocycles. The fourth-order valence-corrected chi connectivity index (χ4v) is 3.61. The van der Waals surface area contributed by atoms with Crippen molar-refractivity contribution in [3.63, 3.8) is 0 Å². The van der Waals surface area contributed by atoms with E-state index in [0.717, 1.165) is 25.6 Å². The molecule has 0 saturated heterocycles. The Kier molecular flexibility index (Phi) is 5.67. The maximum absolute atomic E-state index is 5.01. The van der Waals surface area contributed by atoms with E-state index in [1.54, 1.807) is 0 Å². The van der Waals surface area contributed by atoms with Crippen molar-refractivity contribution in [3.05, 3.63) is 10.6 Å². The number of aromatic nitrogens is 1. The Hall–Kier alpha value is -0.610. The fraction of sp³-hybridized carbons (Fsp3) is 0.824. The number of nitrogens with one attached hydrogen (secondary N) is 1. The minimum absolute atomic E-state index is 0.164. The standard InChI is InChI=1S/C17H31N3S/c1-6-10-20(11-7-2)16-19-15(13-8-9-13)14(21-16)12-18-17(3,4)5/h13,18H,6-12H2,1-5H3. The van der Waals surface area contributed by atoms with Gasteiger partial charge in [0.15, 0.2) is 5.13 Å². The lowest BCUT2D eigenvalue weighted by atomic mass is 10.1. The van der Waals surface area contributed by atoms with Gasteiger partial charge in [-0.25, -0.2) is 4.98 Å². The van der Waals surface area contributed by atoms with Crippen LogP contribution in [0.5, 0.6) is 0 Å². The first-order valence-corrected chi connectivity index (χ1v) is 9.25. The van der Waals surface area contributed by atoms with Gasteiger partial charge in [0.25, 0.3) is 0 Å². The number of hydrogen-bond acceptors (Lipinski definition) is 4. The molecule has 2 rings (SSSR count). The Bertz CT molecular complexity index is 437. The van der Waals surface area contributed by atoms with Gasteiger partial charge in [0.05, 0.1) is 5.69 Å². The first-order valence-electron chi connectivity index (χ1n) is 8.44. The zero-order valence-corrected chi connectivity index (χ0v) is 15.1. The van der Waals surface area contributed by atoms with Crippen molar-refractivity contribution in [2.45, 2.75) is 78.3 Å². The van der Waals surface area contributed by atoms with Crippen molar-refractivity contribution >= 4 is 16.5 Å². The van der Waals surface area contributed by atoms with Crippen molar-refractivity contribution in [1.29, 1.82) is 0 Å². The largest absolute Gasteiger partial charge is 0.348 e. The molecule has 1 N–H and O–H groups in total.